The van der Waals surface area contributed by atoms with Gasteiger partial charge in [-0.2, -0.15) is 0 Å². The zero-order valence-electron chi connectivity index (χ0n) is 10.2. The molecule has 5 nitrogen and oxygen atoms in total. The molecule has 0 bridgehead atoms. The molecule has 0 aromatic rings. The molecular weight excluding hydrogens is 208 g/mol. The van der Waals surface area contributed by atoms with Crippen LogP contribution < -0.4 is 0 Å². The van der Waals surface area contributed by atoms with Gasteiger partial charge in [-0.1, -0.05) is 0 Å². The number of rotatable bonds is 5. The lowest BCUT2D eigenvalue weighted by atomic mass is 10.2. The summed E-state index contributed by atoms with van der Waals surface area (Å²) < 4.78 is 4.61. The van der Waals surface area contributed by atoms with Crippen LogP contribution in [0.5, 0.6) is 0 Å². The molecule has 94 valence electrons. The minimum absolute atomic E-state index is 0.147. The van der Waals surface area contributed by atoms with E-state index < -0.39 is 0 Å². The molecule has 1 fully saturated rings. The summed E-state index contributed by atoms with van der Waals surface area (Å²) in [5.74, 6) is -0.147. The van der Waals surface area contributed by atoms with Gasteiger partial charge in [0.2, 0.25) is 0 Å². The summed E-state index contributed by atoms with van der Waals surface area (Å²) in [6.45, 7) is 7.18. The molecule has 0 aromatic heterocycles. The van der Waals surface area contributed by atoms with Gasteiger partial charge in [-0.25, -0.2) is 0 Å². The molecule has 1 N–H and O–H groups in total. The molecule has 1 saturated heterocycles. The Morgan fingerprint density at radius 3 is 2.38 bits per heavy atom. The molecule has 1 heterocycles. The van der Waals surface area contributed by atoms with Crippen molar-refractivity contribution in [2.45, 2.75) is 19.4 Å². The van der Waals surface area contributed by atoms with Crippen molar-refractivity contribution >= 4 is 5.97 Å². The molecule has 0 amide bonds. The van der Waals surface area contributed by atoms with Crippen LogP contribution in [0.3, 0.4) is 0 Å². The first-order valence-corrected chi connectivity index (χ1v) is 5.81. The topological polar surface area (TPSA) is 53.0 Å². The second-order valence-electron chi connectivity index (χ2n) is 4.32. The second kappa shape index (κ2) is 6.83. The Balaban J connectivity index is 2.14. The van der Waals surface area contributed by atoms with Gasteiger partial charge in [0.25, 0.3) is 0 Å². The van der Waals surface area contributed by atoms with E-state index in [2.05, 4.69) is 14.5 Å². The summed E-state index contributed by atoms with van der Waals surface area (Å²) in [4.78, 5) is 15.5. The Morgan fingerprint density at radius 1 is 1.31 bits per heavy atom. The molecular formula is C11H22N2O3. The minimum Gasteiger partial charge on any atom is -0.469 e. The third-order valence-corrected chi connectivity index (χ3v) is 2.85. The molecule has 0 saturated carbocycles. The fraction of sp³-hybridized carbons (Fsp3) is 0.909. The first-order valence-electron chi connectivity index (χ1n) is 5.81. The van der Waals surface area contributed by atoms with E-state index in [1.807, 2.05) is 6.92 Å². The molecule has 1 aliphatic rings. The van der Waals surface area contributed by atoms with Crippen LogP contribution in [0.25, 0.3) is 0 Å². The zero-order valence-corrected chi connectivity index (χ0v) is 10.2. The van der Waals surface area contributed by atoms with Crippen LogP contribution in [0, 0.1) is 0 Å². The molecule has 1 aliphatic heterocycles. The van der Waals surface area contributed by atoms with Crippen molar-refractivity contribution in [2.24, 2.45) is 0 Å². The normalized spacial score (nSPS) is 20.7. The van der Waals surface area contributed by atoms with E-state index in [-0.39, 0.29) is 12.1 Å². The Bertz CT molecular complexity index is 213. The molecule has 1 unspecified atom stereocenters. The Kier molecular flexibility index (Phi) is 5.73. The maximum atomic E-state index is 11.0. The molecule has 0 radical (unpaired) electrons. The highest BCUT2D eigenvalue weighted by molar-refractivity contribution is 5.69. The number of aliphatic hydroxyl groups excluding tert-OH is 1. The van der Waals surface area contributed by atoms with Gasteiger partial charge < -0.3 is 14.7 Å². The van der Waals surface area contributed by atoms with Gasteiger partial charge in [0.05, 0.1) is 19.6 Å². The smallest absolute Gasteiger partial charge is 0.306 e. The van der Waals surface area contributed by atoms with Gasteiger partial charge in [-0.3, -0.25) is 9.69 Å². The molecule has 5 heteroatoms. The van der Waals surface area contributed by atoms with Crippen molar-refractivity contribution in [3.63, 3.8) is 0 Å². The summed E-state index contributed by atoms with van der Waals surface area (Å²) in [7, 11) is 1.42. The molecule has 0 aromatic carbocycles. The SMILES string of the molecule is COC(=O)CCN1CCN(CC(C)O)CC1. The first kappa shape index (κ1) is 13.4. The van der Waals surface area contributed by atoms with Crippen molar-refractivity contribution in [3.05, 3.63) is 0 Å². The largest absolute Gasteiger partial charge is 0.469 e. The Hall–Kier alpha value is -0.650. The third kappa shape index (κ3) is 4.92. The van der Waals surface area contributed by atoms with Gasteiger partial charge in [-0.05, 0) is 6.92 Å². The van der Waals surface area contributed by atoms with Crippen LogP contribution in [0.1, 0.15) is 13.3 Å². The second-order valence-corrected chi connectivity index (χ2v) is 4.32. The van der Waals surface area contributed by atoms with Gasteiger partial charge in [-0.15, -0.1) is 0 Å². The van der Waals surface area contributed by atoms with Crippen LogP contribution in [-0.2, 0) is 9.53 Å². The third-order valence-electron chi connectivity index (χ3n) is 2.85. The lowest BCUT2D eigenvalue weighted by molar-refractivity contribution is -0.141. The maximum absolute atomic E-state index is 11.0. The average Bonchev–Trinajstić information content (AvgIpc) is 2.27. The average molecular weight is 230 g/mol. The van der Waals surface area contributed by atoms with Crippen molar-refractivity contribution in [3.8, 4) is 0 Å². The van der Waals surface area contributed by atoms with Crippen molar-refractivity contribution in [1.29, 1.82) is 0 Å². The van der Waals surface area contributed by atoms with E-state index in [1.165, 1.54) is 7.11 Å². The fourth-order valence-corrected chi connectivity index (χ4v) is 1.92. The highest BCUT2D eigenvalue weighted by Crippen LogP contribution is 2.03. The molecule has 1 rings (SSSR count). The first-order chi connectivity index (χ1) is 7.61. The molecule has 16 heavy (non-hydrogen) atoms. The summed E-state index contributed by atoms with van der Waals surface area (Å²) >= 11 is 0. The highest BCUT2D eigenvalue weighted by atomic mass is 16.5. The Morgan fingerprint density at radius 2 is 1.88 bits per heavy atom. The van der Waals surface area contributed by atoms with Crippen molar-refractivity contribution in [1.82, 2.24) is 9.80 Å². The number of esters is 1. The number of methoxy groups -OCH3 is 1. The summed E-state index contributed by atoms with van der Waals surface area (Å²) in [5, 5.41) is 9.26. The lowest BCUT2D eigenvalue weighted by Gasteiger charge is -2.34. The van der Waals surface area contributed by atoms with Gasteiger partial charge in [0.15, 0.2) is 0 Å². The van der Waals surface area contributed by atoms with Crippen LogP contribution >= 0.6 is 0 Å². The minimum atomic E-state index is -0.262. The van der Waals surface area contributed by atoms with Crippen LogP contribution in [0.2, 0.25) is 0 Å². The van der Waals surface area contributed by atoms with E-state index in [0.29, 0.717) is 6.42 Å². The van der Waals surface area contributed by atoms with E-state index in [1.54, 1.807) is 0 Å². The van der Waals surface area contributed by atoms with Crippen LogP contribution in [0.15, 0.2) is 0 Å². The number of ether oxygens (including phenoxy) is 1. The number of hydrogen-bond acceptors (Lipinski definition) is 5. The van der Waals surface area contributed by atoms with Crippen molar-refractivity contribution < 1.29 is 14.6 Å². The number of carbonyl (C=O) groups excluding carboxylic acids is 1. The lowest BCUT2D eigenvalue weighted by Crippen LogP contribution is -2.48. The predicted octanol–water partition coefficient (Wildman–Crippen LogP) is -0.452. The van der Waals surface area contributed by atoms with E-state index in [9.17, 15) is 9.90 Å². The highest BCUT2D eigenvalue weighted by Gasteiger charge is 2.18. The summed E-state index contributed by atoms with van der Waals surface area (Å²) in [6, 6.07) is 0. The monoisotopic (exact) mass is 230 g/mol. The summed E-state index contributed by atoms with van der Waals surface area (Å²) in [6.07, 6.45) is 0.203. The number of β-amino-alcohol motifs (C(OH)–C–C–N with tert-alkyl or cyclic N) is 1. The summed E-state index contributed by atoms with van der Waals surface area (Å²) in [5.41, 5.74) is 0. The predicted molar refractivity (Wildman–Crippen MR) is 61.2 cm³/mol. The van der Waals surface area contributed by atoms with Crippen LogP contribution in [0.4, 0.5) is 0 Å². The van der Waals surface area contributed by atoms with E-state index >= 15 is 0 Å². The number of hydrogen-bond donors (Lipinski definition) is 1. The van der Waals surface area contributed by atoms with Gasteiger partial charge >= 0.3 is 5.97 Å². The van der Waals surface area contributed by atoms with E-state index in [0.717, 1.165) is 39.3 Å². The molecule has 0 spiro atoms. The zero-order chi connectivity index (χ0) is 12.0. The molecule has 1 atom stereocenters. The number of piperazine rings is 1. The maximum Gasteiger partial charge on any atom is 0.306 e. The van der Waals surface area contributed by atoms with Gasteiger partial charge in [0.1, 0.15) is 0 Å². The number of nitrogens with zero attached hydrogens (tertiary/aromatic N) is 2. The Labute approximate surface area is 97.0 Å². The van der Waals surface area contributed by atoms with Crippen molar-refractivity contribution in [2.75, 3.05) is 46.4 Å². The number of aliphatic hydroxyl groups is 1. The van der Waals surface area contributed by atoms with Crippen LogP contribution in [-0.4, -0.2) is 73.4 Å². The standard InChI is InChI=1S/C11H22N2O3/c1-10(14)9-13-7-5-12(6-8-13)4-3-11(15)16-2/h10,14H,3-9H2,1-2H3. The molecule has 0 aliphatic carbocycles. The fourth-order valence-electron chi connectivity index (χ4n) is 1.92. The quantitative estimate of drug-likeness (QED) is 0.648. The number of carbonyl (C=O) groups is 1. The van der Waals surface area contributed by atoms with E-state index in [4.69, 9.17) is 0 Å². The van der Waals surface area contributed by atoms with Gasteiger partial charge in [0, 0.05) is 39.3 Å².